The third kappa shape index (κ3) is 3.94. The summed E-state index contributed by atoms with van der Waals surface area (Å²) in [4.78, 5) is 0. The molecule has 0 aliphatic heterocycles. The maximum absolute atomic E-state index is 7.24. The first kappa shape index (κ1) is 10.0. The maximum atomic E-state index is 7.24. The molecule has 0 aromatic heterocycles. The minimum atomic E-state index is -1.04. The molecule has 0 aromatic rings. The van der Waals surface area contributed by atoms with E-state index in [2.05, 4.69) is 0 Å². The molecule has 0 heterocycles. The number of nitrogens with one attached hydrogen (secondary N) is 1. The molecule has 10 heavy (non-hydrogen) atoms. The summed E-state index contributed by atoms with van der Waals surface area (Å²) >= 11 is 0. The van der Waals surface area contributed by atoms with Gasteiger partial charge in [0.1, 0.15) is 0 Å². The predicted molar refractivity (Wildman–Crippen MR) is 43.6 cm³/mol. The molecule has 0 saturated heterocycles. The molecule has 3 nitrogen and oxygen atoms in total. The smallest absolute Gasteiger partial charge is 0.219 e. The molecule has 0 atom stereocenters. The van der Waals surface area contributed by atoms with Crippen LogP contribution < -0.4 is 0 Å². The molecule has 4 heteroatoms. The molecule has 0 aliphatic rings. The molecule has 0 unspecified atom stereocenters. The van der Waals surface area contributed by atoms with Crippen LogP contribution in [-0.4, -0.2) is 18.7 Å². The van der Waals surface area contributed by atoms with Crippen molar-refractivity contribution in [3.63, 3.8) is 0 Å². The average molecular weight is 163 g/mol. The lowest BCUT2D eigenvalue weighted by Gasteiger charge is -2.12. The Labute approximate surface area is 63.1 Å². The van der Waals surface area contributed by atoms with Crippen molar-refractivity contribution < 1.29 is 9.05 Å². The minimum absolute atomic E-state index is 0.485. The highest BCUT2D eigenvalue weighted by molar-refractivity contribution is 7.66. The molecule has 0 spiro atoms. The quantitative estimate of drug-likeness (QED) is 0.499. The van der Waals surface area contributed by atoms with Gasteiger partial charge in [-0.2, -0.15) is 0 Å². The highest BCUT2D eigenvalue weighted by atomic mass is 31.2. The third-order valence-corrected chi connectivity index (χ3v) is 2.30. The molecule has 0 radical (unpaired) electrons. The molecule has 1 N–H and O–H groups in total. The van der Waals surface area contributed by atoms with Gasteiger partial charge in [0.05, 0.1) is 18.7 Å². The van der Waals surface area contributed by atoms with Crippen LogP contribution >= 0.6 is 8.38 Å². The van der Waals surface area contributed by atoms with E-state index in [1.165, 1.54) is 0 Å². The van der Waals surface area contributed by atoms with Crippen molar-refractivity contribution in [3.8, 4) is 0 Å². The van der Waals surface area contributed by atoms with E-state index in [1.54, 1.807) is 6.92 Å². The van der Waals surface area contributed by atoms with E-state index in [1.807, 2.05) is 13.8 Å². The normalized spacial score (nSPS) is 10.4. The Morgan fingerprint density at radius 1 is 1.30 bits per heavy atom. The first-order valence-electron chi connectivity index (χ1n) is 3.33. The fourth-order valence-electron chi connectivity index (χ4n) is 0.465. The van der Waals surface area contributed by atoms with E-state index in [-0.39, 0.29) is 0 Å². The zero-order chi connectivity index (χ0) is 7.98. The largest absolute Gasteiger partial charge is 0.330 e. The third-order valence-electron chi connectivity index (χ3n) is 0.767. The summed E-state index contributed by atoms with van der Waals surface area (Å²) in [7, 11) is -1.04. The van der Waals surface area contributed by atoms with Crippen LogP contribution in [-0.2, 0) is 9.05 Å². The van der Waals surface area contributed by atoms with Crippen LogP contribution in [0.4, 0.5) is 0 Å². The molecular weight excluding hydrogens is 149 g/mol. The summed E-state index contributed by atoms with van der Waals surface area (Å²) in [5.74, 6) is 0. The Balaban J connectivity index is 3.61. The lowest BCUT2D eigenvalue weighted by atomic mass is 10.9. The zero-order valence-corrected chi connectivity index (χ0v) is 7.57. The summed E-state index contributed by atoms with van der Waals surface area (Å²) in [6.45, 7) is 6.73. The van der Waals surface area contributed by atoms with E-state index in [4.69, 9.17) is 14.5 Å². The summed E-state index contributed by atoms with van der Waals surface area (Å²) in [5.41, 5.74) is 0.485. The number of rotatable bonds is 5. The predicted octanol–water partition coefficient (Wildman–Crippen LogP) is 2.37. The van der Waals surface area contributed by atoms with Gasteiger partial charge in [-0.15, -0.1) is 0 Å². The van der Waals surface area contributed by atoms with E-state index in [9.17, 15) is 0 Å². The Kier molecular flexibility index (Phi) is 5.79. The van der Waals surface area contributed by atoms with Crippen molar-refractivity contribution in [1.82, 2.24) is 0 Å². The van der Waals surface area contributed by atoms with E-state index < -0.39 is 8.38 Å². The molecule has 0 rings (SSSR count). The highest BCUT2D eigenvalue weighted by Gasteiger charge is 2.10. The second kappa shape index (κ2) is 5.78. The van der Waals surface area contributed by atoms with Gasteiger partial charge in [0.2, 0.25) is 8.38 Å². The van der Waals surface area contributed by atoms with Crippen molar-refractivity contribution in [2.24, 2.45) is 0 Å². The van der Waals surface area contributed by atoms with Crippen LogP contribution in [0.15, 0.2) is 0 Å². The molecule has 0 aliphatic carbocycles. The van der Waals surface area contributed by atoms with Gasteiger partial charge in [0.15, 0.2) is 0 Å². The van der Waals surface area contributed by atoms with Gasteiger partial charge in [0, 0.05) is 0 Å². The molecule has 0 saturated carbocycles. The second-order valence-electron chi connectivity index (χ2n) is 1.68. The van der Waals surface area contributed by atoms with Gasteiger partial charge in [-0.1, -0.05) is 0 Å². The van der Waals surface area contributed by atoms with E-state index in [0.717, 1.165) is 0 Å². The summed E-state index contributed by atoms with van der Waals surface area (Å²) in [5, 5.41) is 7.24. The topological polar surface area (TPSA) is 42.3 Å². The lowest BCUT2D eigenvalue weighted by molar-refractivity contribution is 0.279. The Hall–Kier alpha value is 0.0200. The molecule has 60 valence electrons. The van der Waals surface area contributed by atoms with Crippen LogP contribution in [0.5, 0.6) is 0 Å². The second-order valence-corrected chi connectivity index (χ2v) is 3.38. The van der Waals surface area contributed by atoms with Gasteiger partial charge < -0.3 is 14.5 Å². The molecule has 0 bridgehead atoms. The van der Waals surface area contributed by atoms with Gasteiger partial charge in [0.25, 0.3) is 0 Å². The summed E-state index contributed by atoms with van der Waals surface area (Å²) < 4.78 is 10.3. The number of hydrogen-bond donors (Lipinski definition) is 1. The van der Waals surface area contributed by atoms with E-state index in [0.29, 0.717) is 18.7 Å². The molecule has 0 amide bonds. The highest BCUT2D eigenvalue weighted by Crippen LogP contribution is 2.38. The van der Waals surface area contributed by atoms with Gasteiger partial charge >= 0.3 is 0 Å². The first-order chi connectivity index (χ1) is 4.72. The van der Waals surface area contributed by atoms with E-state index >= 15 is 0 Å². The summed E-state index contributed by atoms with van der Waals surface area (Å²) in [6.07, 6.45) is 0. The van der Waals surface area contributed by atoms with Gasteiger partial charge in [-0.3, -0.25) is 0 Å². The fraction of sp³-hybridized carbons (Fsp3) is 0.833. The Morgan fingerprint density at radius 2 is 1.70 bits per heavy atom. The molecular formula is C6H14NO2P. The van der Waals surface area contributed by atoms with Crippen molar-refractivity contribution in [2.45, 2.75) is 20.8 Å². The molecule has 0 fully saturated rings. The van der Waals surface area contributed by atoms with Gasteiger partial charge in [-0.05, 0) is 20.8 Å². The molecule has 0 aromatic carbocycles. The van der Waals surface area contributed by atoms with Crippen molar-refractivity contribution in [2.75, 3.05) is 13.2 Å². The maximum Gasteiger partial charge on any atom is 0.219 e. The first-order valence-corrected chi connectivity index (χ1v) is 4.51. The zero-order valence-electron chi connectivity index (χ0n) is 6.68. The summed E-state index contributed by atoms with van der Waals surface area (Å²) in [6, 6.07) is 0. The standard InChI is InChI=1S/C6H14NO2P/c1-4-8-10(6(3)7)9-5-2/h7H,4-5H2,1-3H3. The van der Waals surface area contributed by atoms with Crippen LogP contribution in [0.1, 0.15) is 20.8 Å². The van der Waals surface area contributed by atoms with Crippen LogP contribution in [0.25, 0.3) is 0 Å². The lowest BCUT2D eigenvalue weighted by Crippen LogP contribution is -1.96. The average Bonchev–Trinajstić information content (AvgIpc) is 1.87. The Bertz CT molecular complexity index is 102. The number of hydrogen-bond acceptors (Lipinski definition) is 3. The van der Waals surface area contributed by atoms with Crippen molar-refractivity contribution in [1.29, 1.82) is 5.41 Å². The fourth-order valence-corrected chi connectivity index (χ4v) is 1.40. The van der Waals surface area contributed by atoms with Crippen LogP contribution in [0, 0.1) is 5.41 Å². The van der Waals surface area contributed by atoms with Gasteiger partial charge in [-0.25, -0.2) is 0 Å². The van der Waals surface area contributed by atoms with Crippen molar-refractivity contribution >= 4 is 13.8 Å². The SMILES string of the molecule is CCOP(OCC)C(C)=N. The Morgan fingerprint density at radius 3 is 1.90 bits per heavy atom. The van der Waals surface area contributed by atoms with Crippen LogP contribution in [0.2, 0.25) is 0 Å². The van der Waals surface area contributed by atoms with Crippen LogP contribution in [0.3, 0.4) is 0 Å². The van der Waals surface area contributed by atoms with Crippen molar-refractivity contribution in [3.05, 3.63) is 0 Å². The minimum Gasteiger partial charge on any atom is -0.330 e. The monoisotopic (exact) mass is 163 g/mol.